The molecule has 0 heterocycles. The molecule has 0 aliphatic heterocycles. The Balaban J connectivity index is 2.85. The van der Waals surface area contributed by atoms with Crippen molar-refractivity contribution in [1.82, 2.24) is 0 Å². The molecule has 0 saturated carbocycles. The molecule has 1 atom stereocenters. The minimum atomic E-state index is -0.312. The van der Waals surface area contributed by atoms with E-state index in [1.165, 1.54) is 11.8 Å². The van der Waals surface area contributed by atoms with E-state index in [1.807, 2.05) is 32.1 Å². The van der Waals surface area contributed by atoms with Gasteiger partial charge < -0.3 is 10.3 Å². The molecule has 0 aromatic carbocycles. The van der Waals surface area contributed by atoms with E-state index in [-0.39, 0.29) is 11.5 Å². The molecule has 3 nitrogen and oxygen atoms in total. The molecule has 23 heavy (non-hydrogen) atoms. The second kappa shape index (κ2) is 8.68. The zero-order valence-electron chi connectivity index (χ0n) is 14.9. The molecule has 0 amide bonds. The Morgan fingerprint density at radius 2 is 1.83 bits per heavy atom. The third-order valence-corrected chi connectivity index (χ3v) is 4.33. The van der Waals surface area contributed by atoms with Crippen LogP contribution in [0.4, 0.5) is 0 Å². The Kier molecular flexibility index (Phi) is 7.24. The van der Waals surface area contributed by atoms with Crippen LogP contribution in [0.3, 0.4) is 0 Å². The number of aliphatic hydroxyl groups excluding tert-OH is 1. The van der Waals surface area contributed by atoms with E-state index in [2.05, 4.69) is 38.1 Å². The van der Waals surface area contributed by atoms with Crippen LogP contribution in [-0.4, -0.2) is 22.6 Å². The summed E-state index contributed by atoms with van der Waals surface area (Å²) in [4.78, 5) is 0. The lowest BCUT2D eigenvalue weighted by atomic mass is 9.71. The predicted octanol–water partition coefficient (Wildman–Crippen LogP) is 4.95. The van der Waals surface area contributed by atoms with Crippen molar-refractivity contribution in [2.45, 2.75) is 53.6 Å². The van der Waals surface area contributed by atoms with Crippen molar-refractivity contribution < 1.29 is 10.3 Å². The molecule has 0 saturated heterocycles. The highest BCUT2D eigenvalue weighted by atomic mass is 16.4. The molecular formula is C20H29NO2. The summed E-state index contributed by atoms with van der Waals surface area (Å²) in [6.45, 7) is 10.5. The van der Waals surface area contributed by atoms with Crippen molar-refractivity contribution in [2.24, 2.45) is 10.6 Å². The number of aliphatic hydroxyl groups is 1. The van der Waals surface area contributed by atoms with Crippen LogP contribution >= 0.6 is 0 Å². The standard InChI is InChI=1S/C20H29NO2/c1-15(7-6-8-16(2)12-14-21-23)9-10-18-17(3)19(22)11-13-20(18,4)5/h6-10,12,14,19,22-23H,11,13H2,1-5H3/b8-6-,10-9+,15-7+,16-12+,21-14+/t19-/m1/s1. The lowest BCUT2D eigenvalue weighted by molar-refractivity contribution is 0.163. The fourth-order valence-electron chi connectivity index (χ4n) is 2.75. The fraction of sp³-hybridized carbons (Fsp3) is 0.450. The van der Waals surface area contributed by atoms with Crippen LogP contribution < -0.4 is 0 Å². The van der Waals surface area contributed by atoms with Gasteiger partial charge in [0.15, 0.2) is 0 Å². The molecule has 0 radical (unpaired) electrons. The van der Waals surface area contributed by atoms with Gasteiger partial charge in [-0.2, -0.15) is 0 Å². The van der Waals surface area contributed by atoms with E-state index in [4.69, 9.17) is 5.21 Å². The van der Waals surface area contributed by atoms with Gasteiger partial charge in [0, 0.05) is 0 Å². The van der Waals surface area contributed by atoms with Crippen LogP contribution in [0.25, 0.3) is 0 Å². The van der Waals surface area contributed by atoms with Gasteiger partial charge in [0.1, 0.15) is 0 Å². The number of hydrogen-bond acceptors (Lipinski definition) is 3. The summed E-state index contributed by atoms with van der Waals surface area (Å²) < 4.78 is 0. The van der Waals surface area contributed by atoms with Crippen LogP contribution in [0, 0.1) is 5.41 Å². The van der Waals surface area contributed by atoms with Crippen LogP contribution in [-0.2, 0) is 0 Å². The molecule has 1 rings (SSSR count). The molecule has 0 aromatic rings. The van der Waals surface area contributed by atoms with Crippen molar-refractivity contribution in [3.8, 4) is 0 Å². The highest BCUT2D eigenvalue weighted by Gasteiger charge is 2.30. The average Bonchev–Trinajstić information content (AvgIpc) is 2.49. The zero-order valence-corrected chi connectivity index (χ0v) is 14.9. The quantitative estimate of drug-likeness (QED) is 0.326. The molecule has 0 aromatic heterocycles. The van der Waals surface area contributed by atoms with Gasteiger partial charge in [0.25, 0.3) is 0 Å². The summed E-state index contributed by atoms with van der Waals surface area (Å²) in [6, 6.07) is 0. The van der Waals surface area contributed by atoms with E-state index >= 15 is 0 Å². The van der Waals surface area contributed by atoms with Gasteiger partial charge in [-0.25, -0.2) is 0 Å². The molecule has 0 spiro atoms. The SMILES string of the molecule is CC1=C(/C=C/C(C)=C/C=C\C(C)=C\C=N\O)C(C)(C)CC[C@H]1O. The van der Waals surface area contributed by atoms with Gasteiger partial charge >= 0.3 is 0 Å². The molecule has 0 bridgehead atoms. The Labute approximate surface area is 140 Å². The first-order chi connectivity index (χ1) is 10.8. The van der Waals surface area contributed by atoms with Crippen molar-refractivity contribution >= 4 is 6.21 Å². The summed E-state index contributed by atoms with van der Waals surface area (Å²) in [6.07, 6.45) is 14.8. The number of oxime groups is 1. The predicted molar refractivity (Wildman–Crippen MR) is 97.8 cm³/mol. The molecule has 0 unspecified atom stereocenters. The maximum Gasteiger partial charge on any atom is 0.0753 e. The summed E-state index contributed by atoms with van der Waals surface area (Å²) in [7, 11) is 0. The Bertz CT molecular complexity index is 587. The summed E-state index contributed by atoms with van der Waals surface area (Å²) >= 11 is 0. The Morgan fingerprint density at radius 1 is 1.17 bits per heavy atom. The smallest absolute Gasteiger partial charge is 0.0753 e. The monoisotopic (exact) mass is 315 g/mol. The molecular weight excluding hydrogens is 286 g/mol. The maximum absolute atomic E-state index is 10.1. The first kappa shape index (κ1) is 19.2. The maximum atomic E-state index is 10.1. The zero-order chi connectivity index (χ0) is 17.5. The van der Waals surface area contributed by atoms with Gasteiger partial charge in [0.2, 0.25) is 0 Å². The second-order valence-electron chi connectivity index (χ2n) is 6.81. The van der Waals surface area contributed by atoms with Crippen LogP contribution in [0.15, 0.2) is 63.9 Å². The highest BCUT2D eigenvalue weighted by Crippen LogP contribution is 2.40. The van der Waals surface area contributed by atoms with E-state index in [0.717, 1.165) is 29.6 Å². The minimum Gasteiger partial charge on any atom is -0.411 e. The third-order valence-electron chi connectivity index (χ3n) is 4.33. The van der Waals surface area contributed by atoms with Crippen LogP contribution in [0.1, 0.15) is 47.5 Å². The normalized spacial score (nSPS) is 23.7. The largest absolute Gasteiger partial charge is 0.411 e. The number of allylic oxidation sites excluding steroid dienone is 9. The fourth-order valence-corrected chi connectivity index (χ4v) is 2.75. The molecule has 1 aliphatic rings. The van der Waals surface area contributed by atoms with Crippen molar-refractivity contribution in [3.05, 3.63) is 58.7 Å². The number of hydrogen-bond donors (Lipinski definition) is 2. The van der Waals surface area contributed by atoms with Gasteiger partial charge in [-0.15, -0.1) is 0 Å². The second-order valence-corrected chi connectivity index (χ2v) is 6.81. The van der Waals surface area contributed by atoms with Gasteiger partial charge in [0.05, 0.1) is 12.3 Å². The van der Waals surface area contributed by atoms with Crippen molar-refractivity contribution in [1.29, 1.82) is 0 Å². The van der Waals surface area contributed by atoms with E-state index in [1.54, 1.807) is 6.08 Å². The lowest BCUT2D eigenvalue weighted by Gasteiger charge is -2.35. The summed E-state index contributed by atoms with van der Waals surface area (Å²) in [5.41, 5.74) is 4.58. The minimum absolute atomic E-state index is 0.110. The Morgan fingerprint density at radius 3 is 2.48 bits per heavy atom. The molecule has 0 fully saturated rings. The van der Waals surface area contributed by atoms with Crippen LogP contribution in [0.2, 0.25) is 0 Å². The number of nitrogens with zero attached hydrogens (tertiary/aromatic N) is 1. The topological polar surface area (TPSA) is 52.8 Å². The molecule has 2 N–H and O–H groups in total. The molecule has 126 valence electrons. The first-order valence-corrected chi connectivity index (χ1v) is 8.04. The van der Waals surface area contributed by atoms with Gasteiger partial charge in [-0.3, -0.25) is 0 Å². The van der Waals surface area contributed by atoms with Crippen LogP contribution in [0.5, 0.6) is 0 Å². The van der Waals surface area contributed by atoms with E-state index < -0.39 is 0 Å². The molecule has 3 heteroatoms. The first-order valence-electron chi connectivity index (χ1n) is 8.04. The lowest BCUT2D eigenvalue weighted by Crippen LogP contribution is -2.27. The van der Waals surface area contributed by atoms with Crippen molar-refractivity contribution in [3.63, 3.8) is 0 Å². The summed E-state index contributed by atoms with van der Waals surface area (Å²) in [5, 5.41) is 21.4. The average molecular weight is 315 g/mol. The van der Waals surface area contributed by atoms with E-state index in [9.17, 15) is 5.11 Å². The van der Waals surface area contributed by atoms with Gasteiger partial charge in [-0.1, -0.05) is 55.0 Å². The Hall–Kier alpha value is -1.87. The van der Waals surface area contributed by atoms with Gasteiger partial charge in [-0.05, 0) is 61.8 Å². The van der Waals surface area contributed by atoms with Crippen molar-refractivity contribution in [2.75, 3.05) is 0 Å². The summed E-state index contributed by atoms with van der Waals surface area (Å²) in [5.74, 6) is 0. The third kappa shape index (κ3) is 6.03. The molecule has 1 aliphatic carbocycles. The van der Waals surface area contributed by atoms with E-state index in [0.29, 0.717) is 0 Å². The highest BCUT2D eigenvalue weighted by molar-refractivity contribution is 5.72. The number of rotatable bonds is 5.